The maximum absolute atomic E-state index is 11.9. The van der Waals surface area contributed by atoms with Gasteiger partial charge in [-0.15, -0.1) is 0 Å². The Morgan fingerprint density at radius 2 is 2.24 bits per heavy atom. The quantitative estimate of drug-likeness (QED) is 0.816. The second-order valence-electron chi connectivity index (χ2n) is 3.06. The standard InChI is InChI=1S/C8H10F3N3O2S/c1-16-7(15)4-5(12)14-17-6(4)13-3-2-8(9,10)11/h13H,2-3H2,1H3,(H2,12,14). The Morgan fingerprint density at radius 3 is 2.76 bits per heavy atom. The Labute approximate surface area is 98.9 Å². The van der Waals surface area contributed by atoms with Gasteiger partial charge < -0.3 is 15.8 Å². The summed E-state index contributed by atoms with van der Waals surface area (Å²) in [5, 5.41) is 2.64. The molecular formula is C8H10F3N3O2S. The van der Waals surface area contributed by atoms with Crippen molar-refractivity contribution >= 4 is 28.3 Å². The molecule has 1 rings (SSSR count). The second kappa shape index (κ2) is 5.21. The topological polar surface area (TPSA) is 77.2 Å². The summed E-state index contributed by atoms with van der Waals surface area (Å²) in [6, 6.07) is 0. The Morgan fingerprint density at radius 1 is 1.59 bits per heavy atom. The van der Waals surface area contributed by atoms with E-state index in [1.807, 2.05) is 0 Å². The van der Waals surface area contributed by atoms with E-state index in [-0.39, 0.29) is 22.9 Å². The van der Waals surface area contributed by atoms with Crippen molar-refractivity contribution in [2.24, 2.45) is 0 Å². The number of nitrogen functional groups attached to an aromatic ring is 1. The summed E-state index contributed by atoms with van der Waals surface area (Å²) in [4.78, 5) is 11.3. The zero-order valence-corrected chi connectivity index (χ0v) is 9.61. The number of rotatable bonds is 4. The van der Waals surface area contributed by atoms with Crippen molar-refractivity contribution in [1.82, 2.24) is 4.37 Å². The van der Waals surface area contributed by atoms with Crippen LogP contribution in [0.25, 0.3) is 0 Å². The van der Waals surface area contributed by atoms with Gasteiger partial charge in [-0.05, 0) is 11.5 Å². The molecule has 0 saturated carbocycles. The molecule has 0 aliphatic rings. The minimum atomic E-state index is -4.26. The molecule has 17 heavy (non-hydrogen) atoms. The molecule has 1 aromatic rings. The summed E-state index contributed by atoms with van der Waals surface area (Å²) in [6.45, 7) is -0.352. The highest BCUT2D eigenvalue weighted by molar-refractivity contribution is 7.11. The Bertz CT molecular complexity index is 405. The molecule has 0 amide bonds. The molecule has 0 unspecified atom stereocenters. The lowest BCUT2D eigenvalue weighted by Gasteiger charge is -2.08. The number of alkyl halides is 3. The zero-order valence-electron chi connectivity index (χ0n) is 8.80. The first-order chi connectivity index (χ1) is 7.85. The van der Waals surface area contributed by atoms with Crippen LogP contribution in [0.4, 0.5) is 24.0 Å². The zero-order chi connectivity index (χ0) is 13.1. The molecule has 1 heterocycles. The van der Waals surface area contributed by atoms with Crippen molar-refractivity contribution in [1.29, 1.82) is 0 Å². The summed E-state index contributed by atoms with van der Waals surface area (Å²) in [5.41, 5.74) is 5.38. The lowest BCUT2D eigenvalue weighted by Crippen LogP contribution is -2.15. The summed E-state index contributed by atoms with van der Waals surface area (Å²) >= 11 is 0.816. The van der Waals surface area contributed by atoms with Gasteiger partial charge in [0.1, 0.15) is 10.6 Å². The van der Waals surface area contributed by atoms with E-state index < -0.39 is 18.6 Å². The van der Waals surface area contributed by atoms with Gasteiger partial charge in [0.2, 0.25) is 0 Å². The van der Waals surface area contributed by atoms with Crippen LogP contribution >= 0.6 is 11.5 Å². The summed E-state index contributed by atoms with van der Waals surface area (Å²) < 4.78 is 43.9. The van der Waals surface area contributed by atoms with Crippen molar-refractivity contribution in [3.05, 3.63) is 5.56 Å². The highest BCUT2D eigenvalue weighted by Crippen LogP contribution is 2.28. The number of hydrogen-bond donors (Lipinski definition) is 2. The van der Waals surface area contributed by atoms with Gasteiger partial charge in [-0.25, -0.2) is 4.79 Å². The van der Waals surface area contributed by atoms with Gasteiger partial charge in [0.05, 0.1) is 13.5 Å². The fourth-order valence-electron chi connectivity index (χ4n) is 1.04. The van der Waals surface area contributed by atoms with Crippen molar-refractivity contribution in [3.63, 3.8) is 0 Å². The molecule has 0 radical (unpaired) electrons. The molecular weight excluding hydrogens is 259 g/mol. The van der Waals surface area contributed by atoms with Gasteiger partial charge in [0.15, 0.2) is 5.82 Å². The normalized spacial score (nSPS) is 11.3. The number of anilines is 2. The van der Waals surface area contributed by atoms with E-state index >= 15 is 0 Å². The minimum absolute atomic E-state index is 0.0281. The Kier molecular flexibility index (Phi) is 4.16. The molecule has 9 heteroatoms. The van der Waals surface area contributed by atoms with Crippen LogP contribution in [0.2, 0.25) is 0 Å². The van der Waals surface area contributed by atoms with Crippen molar-refractivity contribution in [3.8, 4) is 0 Å². The predicted molar refractivity (Wildman–Crippen MR) is 57.0 cm³/mol. The Balaban J connectivity index is 2.69. The predicted octanol–water partition coefficient (Wildman–Crippen LogP) is 1.88. The van der Waals surface area contributed by atoms with Gasteiger partial charge in [-0.2, -0.15) is 17.5 Å². The van der Waals surface area contributed by atoms with Crippen LogP contribution in [-0.2, 0) is 4.74 Å². The average molecular weight is 269 g/mol. The van der Waals surface area contributed by atoms with E-state index in [1.165, 1.54) is 0 Å². The third kappa shape index (κ3) is 3.77. The van der Waals surface area contributed by atoms with Gasteiger partial charge in [-0.3, -0.25) is 0 Å². The van der Waals surface area contributed by atoms with E-state index in [9.17, 15) is 18.0 Å². The number of nitrogens with two attached hydrogens (primary N) is 1. The number of halogens is 3. The van der Waals surface area contributed by atoms with Crippen molar-refractivity contribution in [2.45, 2.75) is 12.6 Å². The largest absolute Gasteiger partial charge is 0.465 e. The molecule has 0 atom stereocenters. The molecule has 0 aliphatic heterocycles. The summed E-state index contributed by atoms with van der Waals surface area (Å²) in [7, 11) is 1.15. The fraction of sp³-hybridized carbons (Fsp3) is 0.500. The van der Waals surface area contributed by atoms with Crippen LogP contribution in [0.1, 0.15) is 16.8 Å². The molecule has 0 fully saturated rings. The first-order valence-electron chi connectivity index (χ1n) is 4.49. The number of carbonyl (C=O) groups excluding carboxylic acids is 1. The molecule has 0 aromatic carbocycles. The van der Waals surface area contributed by atoms with E-state index in [1.54, 1.807) is 0 Å². The number of methoxy groups -OCH3 is 1. The van der Waals surface area contributed by atoms with Crippen LogP contribution in [0.5, 0.6) is 0 Å². The highest BCUT2D eigenvalue weighted by atomic mass is 32.1. The number of aromatic nitrogens is 1. The number of nitrogens with zero attached hydrogens (tertiary/aromatic N) is 1. The van der Waals surface area contributed by atoms with E-state index in [4.69, 9.17) is 5.73 Å². The van der Waals surface area contributed by atoms with Gasteiger partial charge in [-0.1, -0.05) is 0 Å². The smallest absolute Gasteiger partial charge is 0.390 e. The van der Waals surface area contributed by atoms with Crippen LogP contribution < -0.4 is 11.1 Å². The van der Waals surface area contributed by atoms with E-state index in [2.05, 4.69) is 14.4 Å². The Hall–Kier alpha value is -1.51. The minimum Gasteiger partial charge on any atom is -0.465 e. The van der Waals surface area contributed by atoms with Crippen LogP contribution in [0.15, 0.2) is 0 Å². The van der Waals surface area contributed by atoms with Gasteiger partial charge in [0, 0.05) is 6.54 Å². The second-order valence-corrected chi connectivity index (χ2v) is 3.83. The third-order valence-electron chi connectivity index (χ3n) is 1.80. The maximum atomic E-state index is 11.9. The monoisotopic (exact) mass is 269 g/mol. The van der Waals surface area contributed by atoms with E-state index in [0.717, 1.165) is 18.6 Å². The molecule has 0 spiro atoms. The highest BCUT2D eigenvalue weighted by Gasteiger charge is 2.27. The lowest BCUT2D eigenvalue weighted by molar-refractivity contribution is -0.131. The first kappa shape index (κ1) is 13.6. The van der Waals surface area contributed by atoms with E-state index in [0.29, 0.717) is 0 Å². The molecule has 5 nitrogen and oxygen atoms in total. The summed E-state index contributed by atoms with van der Waals surface area (Å²) in [6.07, 6.45) is -5.26. The number of hydrogen-bond acceptors (Lipinski definition) is 6. The van der Waals surface area contributed by atoms with Crippen molar-refractivity contribution in [2.75, 3.05) is 24.7 Å². The molecule has 3 N–H and O–H groups in total. The van der Waals surface area contributed by atoms with Crippen LogP contribution in [-0.4, -0.2) is 30.2 Å². The number of ether oxygens (including phenoxy) is 1. The van der Waals surface area contributed by atoms with Crippen LogP contribution in [0, 0.1) is 0 Å². The molecule has 0 saturated heterocycles. The molecule has 96 valence electrons. The average Bonchev–Trinajstić information content (AvgIpc) is 2.57. The van der Waals surface area contributed by atoms with Gasteiger partial charge in [0.25, 0.3) is 0 Å². The number of esters is 1. The molecule has 0 bridgehead atoms. The summed E-state index contributed by atoms with van der Waals surface area (Å²) in [5.74, 6) is -0.790. The SMILES string of the molecule is COC(=O)c1c(N)nsc1NCCC(F)(F)F. The third-order valence-corrected chi connectivity index (χ3v) is 2.62. The van der Waals surface area contributed by atoms with Gasteiger partial charge >= 0.3 is 12.1 Å². The lowest BCUT2D eigenvalue weighted by atomic mass is 10.3. The van der Waals surface area contributed by atoms with Crippen molar-refractivity contribution < 1.29 is 22.7 Å². The molecule has 0 aliphatic carbocycles. The fourth-order valence-corrected chi connectivity index (χ4v) is 1.77. The first-order valence-corrected chi connectivity index (χ1v) is 5.26. The van der Waals surface area contributed by atoms with Crippen LogP contribution in [0.3, 0.4) is 0 Å². The number of carbonyl (C=O) groups is 1. The molecule has 1 aromatic heterocycles. The maximum Gasteiger partial charge on any atom is 0.390 e. The number of nitrogens with one attached hydrogen (secondary N) is 1.